The van der Waals surface area contributed by atoms with Gasteiger partial charge in [0, 0.05) is 35.5 Å². The molecule has 0 bridgehead atoms. The Balaban J connectivity index is 1.20. The second-order valence-corrected chi connectivity index (χ2v) is 10.1. The predicted octanol–water partition coefficient (Wildman–Crippen LogP) is 5.92. The molecule has 16 heteroatoms. The van der Waals surface area contributed by atoms with E-state index in [1.807, 2.05) is 0 Å². The number of rotatable bonds is 6. The highest BCUT2D eigenvalue weighted by Crippen LogP contribution is 2.36. The van der Waals surface area contributed by atoms with E-state index in [4.69, 9.17) is 9.47 Å². The first-order valence-corrected chi connectivity index (χ1v) is 12.9. The van der Waals surface area contributed by atoms with Crippen LogP contribution in [0.25, 0.3) is 0 Å². The lowest BCUT2D eigenvalue weighted by Crippen LogP contribution is -2.40. The van der Waals surface area contributed by atoms with Gasteiger partial charge in [0.15, 0.2) is 23.3 Å². The molecule has 2 aliphatic heterocycles. The third-order valence-electron chi connectivity index (χ3n) is 6.77. The fourth-order valence-corrected chi connectivity index (χ4v) is 5.61. The highest BCUT2D eigenvalue weighted by Gasteiger charge is 2.32. The summed E-state index contributed by atoms with van der Waals surface area (Å²) in [6.45, 7) is -1.24. The molecule has 1 aromatic carbocycles. The number of alkyl halides is 4. The van der Waals surface area contributed by atoms with Gasteiger partial charge < -0.3 is 14.4 Å². The quantitative estimate of drug-likeness (QED) is 0.201. The number of hydrogen-bond donors (Lipinski definition) is 0. The summed E-state index contributed by atoms with van der Waals surface area (Å²) in [5.74, 6) is -7.60. The van der Waals surface area contributed by atoms with Gasteiger partial charge >= 0.3 is 0 Å². The van der Waals surface area contributed by atoms with Gasteiger partial charge in [-0.2, -0.15) is 5.10 Å². The molecule has 7 nitrogen and oxygen atoms in total. The van der Waals surface area contributed by atoms with Gasteiger partial charge in [0.05, 0.1) is 18.2 Å². The van der Waals surface area contributed by atoms with Gasteiger partial charge in [-0.25, -0.2) is 40.1 Å². The van der Waals surface area contributed by atoms with Gasteiger partial charge in [-0.15, -0.1) is 11.3 Å². The normalized spacial score (nSPS) is 17.1. The third-order valence-corrected chi connectivity index (χ3v) is 7.80. The lowest BCUT2D eigenvalue weighted by atomic mass is 9.97. The van der Waals surface area contributed by atoms with Crippen molar-refractivity contribution in [3.05, 3.63) is 67.9 Å². The smallest absolute Gasteiger partial charge is 0.282 e. The fourth-order valence-electron chi connectivity index (χ4n) is 4.62. The van der Waals surface area contributed by atoms with Crippen molar-refractivity contribution >= 4 is 17.2 Å². The second-order valence-electron chi connectivity index (χ2n) is 9.19. The first kappa shape index (κ1) is 28.4. The molecular weight excluding hydrogens is 576 g/mol. The van der Waals surface area contributed by atoms with Crippen LogP contribution in [-0.2, 0) is 34.0 Å². The molecule has 0 saturated carbocycles. The van der Waals surface area contributed by atoms with E-state index < -0.39 is 90.6 Å². The van der Waals surface area contributed by atoms with Crippen molar-refractivity contribution in [3.63, 3.8) is 0 Å². The van der Waals surface area contributed by atoms with Crippen molar-refractivity contribution in [3.8, 4) is 0 Å². The zero-order valence-electron chi connectivity index (χ0n) is 20.4. The number of fused-ring (bicyclic) bond motifs is 1. The number of halogens is 8. The summed E-state index contributed by atoms with van der Waals surface area (Å²) >= 11 is 1.26. The van der Waals surface area contributed by atoms with E-state index in [-0.39, 0.29) is 19.0 Å². The molecule has 0 unspecified atom stereocenters. The van der Waals surface area contributed by atoms with E-state index in [0.717, 1.165) is 0 Å². The maximum Gasteiger partial charge on any atom is 0.282 e. The molecule has 0 radical (unpaired) electrons. The second kappa shape index (κ2) is 11.4. The van der Waals surface area contributed by atoms with Crippen molar-refractivity contribution in [2.75, 3.05) is 13.1 Å². The van der Waals surface area contributed by atoms with E-state index in [1.165, 1.54) is 16.2 Å². The van der Waals surface area contributed by atoms with E-state index in [9.17, 15) is 39.9 Å². The monoisotopic (exact) mass is 596 g/mol. The number of thiazole rings is 1. The lowest BCUT2D eigenvalue weighted by molar-refractivity contribution is -0.155. The number of carbonyl (C=O) groups is 1. The SMILES string of the molecule is O=C(Cn1nc(C(F)F)cc1C(F)F)N1CCC(c2nc(C3OCc4c(F)c(F)c(F)c(F)c4CO3)cs2)CC1. The topological polar surface area (TPSA) is 69.5 Å². The van der Waals surface area contributed by atoms with Crippen molar-refractivity contribution < 1.29 is 49.4 Å². The number of nitrogens with zero attached hydrogens (tertiary/aromatic N) is 4. The molecule has 216 valence electrons. The van der Waals surface area contributed by atoms with Gasteiger partial charge in [-0.05, 0) is 18.9 Å². The minimum Gasteiger partial charge on any atom is -0.342 e. The number of piperidine rings is 1. The van der Waals surface area contributed by atoms with Crippen molar-refractivity contribution in [2.24, 2.45) is 0 Å². The number of amides is 1. The summed E-state index contributed by atoms with van der Waals surface area (Å²) in [7, 11) is 0. The van der Waals surface area contributed by atoms with Gasteiger partial charge in [-0.3, -0.25) is 9.48 Å². The molecule has 0 spiro atoms. The number of ether oxygens (including phenoxy) is 2. The zero-order chi connectivity index (χ0) is 28.7. The van der Waals surface area contributed by atoms with E-state index in [1.54, 1.807) is 5.38 Å². The summed E-state index contributed by atoms with van der Waals surface area (Å²) in [5, 5.41) is 5.72. The molecule has 0 N–H and O–H groups in total. The molecule has 40 heavy (non-hydrogen) atoms. The Labute approximate surface area is 225 Å². The van der Waals surface area contributed by atoms with Crippen LogP contribution in [0.15, 0.2) is 11.4 Å². The number of aromatic nitrogens is 3. The maximum absolute atomic E-state index is 14.2. The van der Waals surface area contributed by atoms with Gasteiger partial charge in [0.2, 0.25) is 12.2 Å². The van der Waals surface area contributed by atoms with Crippen LogP contribution in [0.3, 0.4) is 0 Å². The Hall–Kier alpha value is -3.11. The Kier molecular flexibility index (Phi) is 8.10. The highest BCUT2D eigenvalue weighted by molar-refractivity contribution is 7.09. The average Bonchev–Trinajstić information content (AvgIpc) is 3.54. The summed E-state index contributed by atoms with van der Waals surface area (Å²) in [6, 6.07) is 0.582. The molecule has 1 fully saturated rings. The lowest BCUT2D eigenvalue weighted by Gasteiger charge is -2.31. The molecule has 2 aromatic heterocycles. The van der Waals surface area contributed by atoms with Gasteiger partial charge in [0.1, 0.15) is 23.6 Å². The Bertz CT molecular complexity index is 1370. The first-order chi connectivity index (χ1) is 19.0. The van der Waals surface area contributed by atoms with Gasteiger partial charge in [-0.1, -0.05) is 0 Å². The van der Waals surface area contributed by atoms with E-state index >= 15 is 0 Å². The van der Waals surface area contributed by atoms with Crippen LogP contribution >= 0.6 is 11.3 Å². The molecule has 3 aromatic rings. The minimum atomic E-state index is -3.08. The Morgan fingerprint density at radius 3 is 2.10 bits per heavy atom. The van der Waals surface area contributed by atoms with Crippen molar-refractivity contribution in [1.82, 2.24) is 19.7 Å². The Morgan fingerprint density at radius 2 is 1.55 bits per heavy atom. The van der Waals surface area contributed by atoms with Crippen LogP contribution in [0.2, 0.25) is 0 Å². The van der Waals surface area contributed by atoms with Crippen LogP contribution in [0.1, 0.15) is 71.1 Å². The average molecular weight is 597 g/mol. The fraction of sp³-hybridized carbons (Fsp3) is 0.458. The molecule has 1 saturated heterocycles. The van der Waals surface area contributed by atoms with Crippen LogP contribution in [0.5, 0.6) is 0 Å². The highest BCUT2D eigenvalue weighted by atomic mass is 32.1. The zero-order valence-corrected chi connectivity index (χ0v) is 21.2. The molecule has 0 atom stereocenters. The molecule has 1 amide bonds. The Morgan fingerprint density at radius 1 is 0.950 bits per heavy atom. The van der Waals surface area contributed by atoms with Crippen molar-refractivity contribution in [1.29, 1.82) is 0 Å². The molecule has 4 heterocycles. The van der Waals surface area contributed by atoms with Gasteiger partial charge in [0.25, 0.3) is 12.9 Å². The summed E-state index contributed by atoms with van der Waals surface area (Å²) < 4.78 is 119. The third kappa shape index (κ3) is 5.43. The van der Waals surface area contributed by atoms with Crippen LogP contribution < -0.4 is 0 Å². The number of carbonyl (C=O) groups excluding carboxylic acids is 1. The first-order valence-electron chi connectivity index (χ1n) is 12.0. The minimum absolute atomic E-state index is 0.0874. The summed E-state index contributed by atoms with van der Waals surface area (Å²) in [4.78, 5) is 18.6. The standard InChI is InChI=1S/C24H20F8N4O3S/c25-17-11-7-38-24(39-8-12(11)18(26)20(28)19(17)27)14-9-40-23(33-14)10-1-3-35(4-2-10)16(37)6-36-15(22(31)32)5-13(34-36)21(29)30/h5,9-10,21-22,24H,1-4,6-8H2. The number of benzene rings is 1. The van der Waals surface area contributed by atoms with Crippen LogP contribution in [-0.4, -0.2) is 38.7 Å². The maximum atomic E-state index is 14.2. The van der Waals surface area contributed by atoms with Crippen LogP contribution in [0.4, 0.5) is 35.1 Å². The van der Waals surface area contributed by atoms with Crippen molar-refractivity contribution in [2.45, 2.75) is 57.7 Å². The van der Waals surface area contributed by atoms with Crippen LogP contribution in [0, 0.1) is 23.3 Å². The van der Waals surface area contributed by atoms with E-state index in [2.05, 4.69) is 10.1 Å². The molecule has 0 aliphatic carbocycles. The molecule has 2 aliphatic rings. The molecular formula is C24H20F8N4O3S. The number of hydrogen-bond acceptors (Lipinski definition) is 6. The molecule has 5 rings (SSSR count). The van der Waals surface area contributed by atoms with E-state index in [0.29, 0.717) is 34.3 Å². The summed E-state index contributed by atoms with van der Waals surface area (Å²) in [6.07, 6.45) is -6.34. The largest absolute Gasteiger partial charge is 0.342 e. The number of likely N-dealkylation sites (tertiary alicyclic amines) is 1. The summed E-state index contributed by atoms with van der Waals surface area (Å²) in [5.41, 5.74) is -2.26. The predicted molar refractivity (Wildman–Crippen MR) is 121 cm³/mol.